The molecule has 0 saturated heterocycles. The molecule has 1 rings (SSSR count). The molecule has 0 saturated carbocycles. The first kappa shape index (κ1) is 7.75. The van der Waals surface area contributed by atoms with Crippen LogP contribution >= 0.6 is 0 Å². The average Bonchev–Trinajstić information content (AvgIpc) is 2.33. The number of nitro groups is 1. The monoisotopic (exact) mass is 177 g/mol. The number of hydrogen-bond acceptors (Lipinski definition) is 6. The van der Waals surface area contributed by atoms with E-state index < -0.39 is 22.1 Å². The summed E-state index contributed by atoms with van der Waals surface area (Å²) in [7, 11) is 0. The van der Waals surface area contributed by atoms with Crippen LogP contribution in [0, 0.1) is 10.1 Å². The van der Waals surface area contributed by atoms with Gasteiger partial charge < -0.3 is 14.7 Å². The molecule has 0 N–H and O–H groups in total. The van der Waals surface area contributed by atoms with Gasteiger partial charge in [-0.05, 0) is 9.91 Å². The molecule has 0 aliphatic carbocycles. The highest BCUT2D eigenvalue weighted by Gasteiger charge is 2.12. The molecule has 0 spiro atoms. The van der Waals surface area contributed by atoms with Gasteiger partial charge in [-0.25, -0.2) is 4.21 Å². The molecule has 0 aliphatic heterocycles. The van der Waals surface area contributed by atoms with Crippen LogP contribution in [0.1, 0.15) is 0 Å². The Labute approximate surface area is 62.4 Å². The Morgan fingerprint density at radius 2 is 2.36 bits per heavy atom. The Morgan fingerprint density at radius 3 is 2.64 bits per heavy atom. The van der Waals surface area contributed by atoms with E-state index in [0.29, 0.717) is 4.09 Å². The molecule has 0 amide bonds. The van der Waals surface area contributed by atoms with Gasteiger partial charge in [0.15, 0.2) is 0 Å². The Kier molecular flexibility index (Phi) is 1.92. The molecule has 11 heavy (non-hydrogen) atoms. The molecule has 0 aromatic carbocycles. The van der Waals surface area contributed by atoms with Crippen LogP contribution in [0.2, 0.25) is 0 Å². The summed E-state index contributed by atoms with van der Waals surface area (Å²) < 4.78 is 20.5. The fraction of sp³-hybridized carbons (Fsp3) is 0. The molecule has 0 radical (unpaired) electrons. The van der Waals surface area contributed by atoms with Crippen molar-refractivity contribution < 1.29 is 13.7 Å². The lowest BCUT2D eigenvalue weighted by Crippen LogP contribution is -2.03. The third-order valence-corrected chi connectivity index (χ3v) is 1.26. The van der Waals surface area contributed by atoms with E-state index in [9.17, 15) is 18.9 Å². The third kappa shape index (κ3) is 1.56. The predicted octanol–water partition coefficient (Wildman–Crippen LogP) is -1.17. The van der Waals surface area contributed by atoms with Crippen molar-refractivity contribution in [2.45, 2.75) is 0 Å². The minimum absolute atomic E-state index is 0.359. The van der Waals surface area contributed by atoms with Crippen LogP contribution in [0.5, 0.6) is 0 Å². The fourth-order valence-corrected chi connectivity index (χ4v) is 0.660. The first-order valence-corrected chi connectivity index (χ1v) is 3.30. The molecule has 1 unspecified atom stereocenters. The van der Waals surface area contributed by atoms with E-state index in [1.54, 1.807) is 0 Å². The summed E-state index contributed by atoms with van der Waals surface area (Å²) in [6, 6.07) is 0. The molecule has 1 aromatic rings. The molecule has 0 bridgehead atoms. The van der Waals surface area contributed by atoms with E-state index in [-0.39, 0.29) is 0 Å². The molecule has 8 nitrogen and oxygen atoms in total. The van der Waals surface area contributed by atoms with Gasteiger partial charge in [-0.15, -0.1) is 0 Å². The second-order valence-electron chi connectivity index (χ2n) is 1.42. The van der Waals surface area contributed by atoms with Crippen LogP contribution in [-0.2, 0) is 11.3 Å². The van der Waals surface area contributed by atoms with Crippen LogP contribution < -0.4 is 0 Å². The van der Waals surface area contributed by atoms with E-state index in [1.807, 2.05) is 0 Å². The van der Waals surface area contributed by atoms with Crippen molar-refractivity contribution in [3.05, 3.63) is 16.4 Å². The summed E-state index contributed by atoms with van der Waals surface area (Å²) in [5.74, 6) is -0.741. The van der Waals surface area contributed by atoms with Gasteiger partial charge in [-0.1, -0.05) is 4.09 Å². The number of nitrogens with zero attached hydrogens (tertiary/aromatic N) is 4. The summed E-state index contributed by atoms with van der Waals surface area (Å²) in [6.07, 6.45) is 0.737. The Morgan fingerprint density at radius 1 is 1.73 bits per heavy atom. The highest BCUT2D eigenvalue weighted by atomic mass is 32.2. The fourth-order valence-electron chi connectivity index (χ4n) is 0.396. The smallest absolute Gasteiger partial charge is 0.491 e. The molecule has 0 fully saturated rings. The first-order chi connectivity index (χ1) is 5.11. The zero-order valence-corrected chi connectivity index (χ0v) is 5.72. The van der Waals surface area contributed by atoms with E-state index in [0.717, 1.165) is 6.33 Å². The molecule has 1 aromatic heterocycles. The second-order valence-corrected chi connectivity index (χ2v) is 2.23. The first-order valence-electron chi connectivity index (χ1n) is 2.27. The lowest BCUT2D eigenvalue weighted by molar-refractivity contribution is -0.394. The highest BCUT2D eigenvalue weighted by Crippen LogP contribution is 1.98. The maximum absolute atomic E-state index is 10.1. The van der Waals surface area contributed by atoms with E-state index >= 15 is 0 Å². The maximum Gasteiger partial charge on any atom is 0.491 e. The standard InChI is InChI=1S/C2H2N4O4S/c7-6(8)2-3-1-5(4-2)11(9)10/h1H,(H,9,10)/p-1. The molecule has 1 heterocycles. The number of aromatic nitrogens is 3. The number of rotatable bonds is 2. The van der Waals surface area contributed by atoms with Gasteiger partial charge in [0.05, 0.1) is 11.3 Å². The SMILES string of the molecule is O=[N+]([O-])c1ncn(S(=O)[O-])n1. The second kappa shape index (κ2) is 2.72. The van der Waals surface area contributed by atoms with Crippen molar-refractivity contribution in [3.63, 3.8) is 0 Å². The van der Waals surface area contributed by atoms with Crippen LogP contribution in [0.3, 0.4) is 0 Å². The normalized spacial score (nSPS) is 12.8. The minimum atomic E-state index is -2.64. The molecule has 60 valence electrons. The molecule has 0 aliphatic rings. The largest absolute Gasteiger partial charge is 0.753 e. The van der Waals surface area contributed by atoms with Crippen molar-refractivity contribution in [2.75, 3.05) is 0 Å². The van der Waals surface area contributed by atoms with Gasteiger partial charge >= 0.3 is 5.95 Å². The van der Waals surface area contributed by atoms with Crippen LogP contribution in [-0.4, -0.2) is 27.9 Å². The van der Waals surface area contributed by atoms with E-state index in [4.69, 9.17) is 0 Å². The molecular weight excluding hydrogens is 176 g/mol. The van der Waals surface area contributed by atoms with E-state index in [2.05, 4.69) is 10.1 Å². The van der Waals surface area contributed by atoms with Crippen LogP contribution in [0.4, 0.5) is 5.95 Å². The highest BCUT2D eigenvalue weighted by molar-refractivity contribution is 7.77. The van der Waals surface area contributed by atoms with Crippen molar-refractivity contribution in [2.24, 2.45) is 0 Å². The molecule has 9 heteroatoms. The molecular formula is C2HN4O4S-. The van der Waals surface area contributed by atoms with Gasteiger partial charge in [0.2, 0.25) is 6.33 Å². The summed E-state index contributed by atoms with van der Waals surface area (Å²) in [5.41, 5.74) is 0. The summed E-state index contributed by atoms with van der Waals surface area (Å²) in [6.45, 7) is 0. The summed E-state index contributed by atoms with van der Waals surface area (Å²) >= 11 is -2.64. The van der Waals surface area contributed by atoms with Gasteiger partial charge in [0, 0.05) is 5.10 Å². The number of hydrogen-bond donors (Lipinski definition) is 0. The third-order valence-electron chi connectivity index (χ3n) is 0.776. The minimum Gasteiger partial charge on any atom is -0.753 e. The van der Waals surface area contributed by atoms with E-state index in [1.165, 1.54) is 0 Å². The Balaban J connectivity index is 2.99. The summed E-state index contributed by atoms with van der Waals surface area (Å²) in [5, 5.41) is 12.9. The van der Waals surface area contributed by atoms with Gasteiger partial charge in [0.1, 0.15) is 0 Å². The lowest BCUT2D eigenvalue weighted by Gasteiger charge is -1.95. The predicted molar refractivity (Wildman–Crippen MR) is 31.0 cm³/mol. The molecule has 1 atom stereocenters. The Hall–Kier alpha value is -1.35. The van der Waals surface area contributed by atoms with Crippen LogP contribution in [0.25, 0.3) is 0 Å². The van der Waals surface area contributed by atoms with Crippen molar-refractivity contribution in [3.8, 4) is 0 Å². The van der Waals surface area contributed by atoms with Crippen molar-refractivity contribution >= 4 is 17.2 Å². The average molecular weight is 177 g/mol. The van der Waals surface area contributed by atoms with Crippen LogP contribution in [0.15, 0.2) is 6.33 Å². The van der Waals surface area contributed by atoms with Gasteiger partial charge in [-0.3, -0.25) is 0 Å². The zero-order valence-electron chi connectivity index (χ0n) is 4.91. The topological polar surface area (TPSA) is 114 Å². The van der Waals surface area contributed by atoms with Crippen molar-refractivity contribution in [1.82, 2.24) is 14.2 Å². The van der Waals surface area contributed by atoms with Gasteiger partial charge in [-0.2, -0.15) is 0 Å². The maximum atomic E-state index is 10.1. The summed E-state index contributed by atoms with van der Waals surface area (Å²) in [4.78, 5) is 12.1. The van der Waals surface area contributed by atoms with Crippen molar-refractivity contribution in [1.29, 1.82) is 0 Å². The Bertz CT molecular complexity index is 278. The lowest BCUT2D eigenvalue weighted by atomic mass is 11.1. The van der Waals surface area contributed by atoms with Gasteiger partial charge in [0.25, 0.3) is 0 Å². The quantitative estimate of drug-likeness (QED) is 0.319. The zero-order chi connectivity index (χ0) is 8.43.